The smallest absolute Gasteiger partial charge is 0.270 e. The van der Waals surface area contributed by atoms with Crippen LogP contribution in [0.1, 0.15) is 5.76 Å². The van der Waals surface area contributed by atoms with Gasteiger partial charge in [-0.1, -0.05) is 29.5 Å². The van der Waals surface area contributed by atoms with E-state index in [1.165, 1.54) is 35.2 Å². The molecular formula is C21H12N4O3S2. The summed E-state index contributed by atoms with van der Waals surface area (Å²) in [7, 11) is 0. The Bertz CT molecular complexity index is 1420. The van der Waals surface area contributed by atoms with Crippen molar-refractivity contribution in [2.45, 2.75) is 9.99 Å². The van der Waals surface area contributed by atoms with Crippen molar-refractivity contribution < 1.29 is 9.34 Å². The number of nitro benzene ring substituents is 1. The van der Waals surface area contributed by atoms with Crippen LogP contribution in [0.2, 0.25) is 0 Å². The largest absolute Gasteiger partial charge is 0.449 e. The van der Waals surface area contributed by atoms with Gasteiger partial charge in [-0.3, -0.25) is 15.1 Å². The molecule has 0 bridgehead atoms. The number of hydrogen-bond donors (Lipinski definition) is 0. The topological polar surface area (TPSA) is 94.4 Å². The lowest BCUT2D eigenvalue weighted by Crippen LogP contribution is -1.85. The molecule has 2 aromatic carbocycles. The average Bonchev–Trinajstić information content (AvgIpc) is 3.38. The molecule has 7 nitrogen and oxygen atoms in total. The molecule has 0 aliphatic carbocycles. The molecule has 9 heteroatoms. The number of non-ortho nitro benzene ring substituents is 1. The van der Waals surface area contributed by atoms with Crippen molar-refractivity contribution in [2.75, 3.05) is 0 Å². The van der Waals surface area contributed by atoms with Gasteiger partial charge in [-0.2, -0.15) is 0 Å². The molecule has 5 aromatic rings. The second-order valence-electron chi connectivity index (χ2n) is 6.25. The molecule has 146 valence electrons. The van der Waals surface area contributed by atoms with Crippen LogP contribution in [-0.4, -0.2) is 21.1 Å². The molecule has 0 aliphatic rings. The first-order valence-electron chi connectivity index (χ1n) is 8.86. The lowest BCUT2D eigenvalue weighted by atomic mass is 10.2. The maximum absolute atomic E-state index is 10.9. The number of aromatic nitrogens is 2. The summed E-state index contributed by atoms with van der Waals surface area (Å²) in [5, 5.41) is 13.2. The summed E-state index contributed by atoms with van der Waals surface area (Å²) < 4.78 is 6.57. The number of benzene rings is 2. The maximum atomic E-state index is 10.9. The predicted octanol–water partition coefficient (Wildman–Crippen LogP) is 6.25. The van der Waals surface area contributed by atoms with E-state index in [1.807, 2.05) is 42.5 Å². The van der Waals surface area contributed by atoms with Gasteiger partial charge in [0.15, 0.2) is 5.09 Å². The molecule has 0 unspecified atom stereocenters. The van der Waals surface area contributed by atoms with Gasteiger partial charge in [0.2, 0.25) is 5.13 Å². The van der Waals surface area contributed by atoms with Gasteiger partial charge in [-0.05, 0) is 42.1 Å². The Balaban J connectivity index is 1.36. The van der Waals surface area contributed by atoms with Gasteiger partial charge < -0.3 is 4.42 Å². The molecule has 5 rings (SSSR count). The fourth-order valence-electron chi connectivity index (χ4n) is 2.91. The number of hydrogen-bond acceptors (Lipinski definition) is 8. The average molecular weight is 432 g/mol. The van der Waals surface area contributed by atoms with Gasteiger partial charge >= 0.3 is 0 Å². The van der Waals surface area contributed by atoms with E-state index in [0.29, 0.717) is 16.4 Å². The zero-order chi connectivity index (χ0) is 20.5. The first kappa shape index (κ1) is 18.5. The number of nitro groups is 1. The molecule has 0 fully saturated rings. The molecule has 0 saturated carbocycles. The van der Waals surface area contributed by atoms with Crippen LogP contribution in [-0.2, 0) is 0 Å². The monoisotopic (exact) mass is 432 g/mol. The van der Waals surface area contributed by atoms with Crippen molar-refractivity contribution in [3.63, 3.8) is 0 Å². The summed E-state index contributed by atoms with van der Waals surface area (Å²) in [4.78, 5) is 24.7. The molecule has 0 radical (unpaired) electrons. The highest BCUT2D eigenvalue weighted by atomic mass is 32.2. The van der Waals surface area contributed by atoms with E-state index in [-0.39, 0.29) is 5.69 Å². The van der Waals surface area contributed by atoms with Crippen LogP contribution in [0.25, 0.3) is 21.1 Å². The third kappa shape index (κ3) is 3.68. The molecule has 0 amide bonds. The number of para-hydroxylation sites is 1. The van der Waals surface area contributed by atoms with E-state index >= 15 is 0 Å². The number of pyridine rings is 1. The zero-order valence-electron chi connectivity index (χ0n) is 15.3. The quantitative estimate of drug-likeness (QED) is 0.185. The van der Waals surface area contributed by atoms with Gasteiger partial charge in [0.1, 0.15) is 5.76 Å². The fraction of sp³-hybridized carbons (Fsp3) is 0. The Morgan fingerprint density at radius 3 is 2.93 bits per heavy atom. The van der Waals surface area contributed by atoms with Crippen molar-refractivity contribution in [1.82, 2.24) is 9.97 Å². The first-order valence-corrected chi connectivity index (χ1v) is 10.5. The lowest BCUT2D eigenvalue weighted by Gasteiger charge is -2.02. The van der Waals surface area contributed by atoms with Crippen LogP contribution >= 0.6 is 23.1 Å². The zero-order valence-corrected chi connectivity index (χ0v) is 16.9. The van der Waals surface area contributed by atoms with E-state index in [0.717, 1.165) is 25.6 Å². The maximum Gasteiger partial charge on any atom is 0.270 e. The summed E-state index contributed by atoms with van der Waals surface area (Å²) in [6, 6.07) is 18.3. The number of fused-ring (bicyclic) bond motifs is 2. The minimum Gasteiger partial charge on any atom is -0.449 e. The van der Waals surface area contributed by atoms with Gasteiger partial charge in [-0.25, -0.2) is 9.98 Å². The number of nitrogens with zero attached hydrogens (tertiary/aromatic N) is 4. The Hall–Kier alpha value is -3.56. The molecule has 0 atom stereocenters. The molecule has 3 heterocycles. The van der Waals surface area contributed by atoms with E-state index in [1.54, 1.807) is 18.5 Å². The molecule has 0 N–H and O–H groups in total. The number of rotatable bonds is 5. The van der Waals surface area contributed by atoms with Crippen LogP contribution < -0.4 is 0 Å². The molecule has 0 saturated heterocycles. The Morgan fingerprint density at radius 1 is 1.13 bits per heavy atom. The lowest BCUT2D eigenvalue weighted by molar-refractivity contribution is -0.384. The summed E-state index contributed by atoms with van der Waals surface area (Å²) in [6.07, 6.45) is 3.37. The van der Waals surface area contributed by atoms with E-state index in [4.69, 9.17) is 4.42 Å². The molecular weight excluding hydrogens is 420 g/mol. The standard InChI is InChI=1S/C21H12N4O3S2/c26-25(27)14-6-8-16-18(11-14)30-21(24-16)23-12-15-7-9-19(28-15)29-17-5-1-3-13-4-2-10-22-20(13)17/h1-12H/b23-12+. The van der Waals surface area contributed by atoms with E-state index in [2.05, 4.69) is 15.0 Å². The second kappa shape index (κ2) is 7.69. The molecule has 30 heavy (non-hydrogen) atoms. The van der Waals surface area contributed by atoms with Gasteiger partial charge in [0, 0.05) is 28.6 Å². The minimum atomic E-state index is -0.421. The van der Waals surface area contributed by atoms with Crippen LogP contribution in [0.5, 0.6) is 0 Å². The third-order valence-electron chi connectivity index (χ3n) is 4.28. The highest BCUT2D eigenvalue weighted by molar-refractivity contribution is 7.99. The Kier molecular flexibility index (Phi) is 4.74. The summed E-state index contributed by atoms with van der Waals surface area (Å²) in [6.45, 7) is 0. The highest BCUT2D eigenvalue weighted by Crippen LogP contribution is 2.34. The van der Waals surface area contributed by atoms with Crippen molar-refractivity contribution in [1.29, 1.82) is 0 Å². The number of aliphatic imine (C=N–C) groups is 1. The Morgan fingerprint density at radius 2 is 2.03 bits per heavy atom. The molecule has 3 aromatic heterocycles. The summed E-state index contributed by atoms with van der Waals surface area (Å²) >= 11 is 2.79. The highest BCUT2D eigenvalue weighted by Gasteiger charge is 2.10. The fourth-order valence-corrected chi connectivity index (χ4v) is 4.66. The normalized spacial score (nSPS) is 11.6. The third-order valence-corrected chi connectivity index (χ3v) is 6.18. The number of thiazole rings is 1. The molecule has 0 spiro atoms. The van der Waals surface area contributed by atoms with Gasteiger partial charge in [0.05, 0.1) is 26.9 Å². The minimum absolute atomic E-state index is 0.0392. The predicted molar refractivity (Wildman–Crippen MR) is 118 cm³/mol. The SMILES string of the molecule is O=[N+]([O-])c1ccc2nc(/N=C/c3ccc(Sc4cccc5cccnc45)o3)sc2c1. The van der Waals surface area contributed by atoms with Crippen molar-refractivity contribution >= 4 is 61.3 Å². The van der Waals surface area contributed by atoms with Crippen LogP contribution in [0.3, 0.4) is 0 Å². The van der Waals surface area contributed by atoms with Crippen molar-refractivity contribution in [2.24, 2.45) is 4.99 Å². The Labute approximate surface area is 178 Å². The van der Waals surface area contributed by atoms with E-state index in [9.17, 15) is 10.1 Å². The van der Waals surface area contributed by atoms with Crippen LogP contribution in [0.4, 0.5) is 10.8 Å². The van der Waals surface area contributed by atoms with Crippen molar-refractivity contribution in [3.05, 3.63) is 82.7 Å². The summed E-state index contributed by atoms with van der Waals surface area (Å²) in [5.74, 6) is 0.593. The van der Waals surface area contributed by atoms with Crippen molar-refractivity contribution in [3.8, 4) is 0 Å². The summed E-state index contributed by atoms with van der Waals surface area (Å²) in [5.41, 5.74) is 1.65. The van der Waals surface area contributed by atoms with E-state index < -0.39 is 4.92 Å². The van der Waals surface area contributed by atoms with Crippen LogP contribution in [0.15, 0.2) is 86.3 Å². The van der Waals surface area contributed by atoms with Crippen LogP contribution in [0, 0.1) is 10.1 Å². The van der Waals surface area contributed by atoms with Gasteiger partial charge in [-0.15, -0.1) is 0 Å². The van der Waals surface area contributed by atoms with Gasteiger partial charge in [0.25, 0.3) is 5.69 Å². The molecule has 0 aliphatic heterocycles. The first-order chi connectivity index (χ1) is 14.7. The number of furan rings is 1. The second-order valence-corrected chi connectivity index (χ2v) is 8.31.